The molecule has 3 radical (unpaired) electrons. The Hall–Kier alpha value is -0.350. The molecule has 20 heteroatoms. The van der Waals surface area contributed by atoms with Crippen molar-refractivity contribution in [3.8, 4) is 5.75 Å². The van der Waals surface area contributed by atoms with E-state index in [-0.39, 0.29) is 105 Å². The zero-order valence-corrected chi connectivity index (χ0v) is 27.4. The van der Waals surface area contributed by atoms with Gasteiger partial charge in [-0.3, -0.25) is 13.7 Å². The molecular weight excluding hydrogens is 573 g/mol. The molecule has 0 aromatic heterocycles. The minimum Gasteiger partial charge on any atom is -0.507 e. The molecule has 14 nitrogen and oxygen atoms in total. The number of hydrogen-bond acceptors (Lipinski definition) is 11. The van der Waals surface area contributed by atoms with Crippen LogP contribution in [0.2, 0.25) is 0 Å². The smallest absolute Gasteiger partial charge is 0.296 e. The summed E-state index contributed by atoms with van der Waals surface area (Å²) in [6.07, 6.45) is 0. The summed E-state index contributed by atoms with van der Waals surface area (Å²) in [5.41, 5.74) is 9.46. The molecule has 0 atom stereocenters. The molecule has 0 aliphatic rings. The van der Waals surface area contributed by atoms with E-state index >= 15 is 0 Å². The second-order valence-corrected chi connectivity index (χ2v) is 10.7. The molecule has 0 aliphatic carbocycles. The van der Waals surface area contributed by atoms with E-state index in [9.17, 15) is 44.0 Å². The summed E-state index contributed by atoms with van der Waals surface area (Å²) in [6, 6.07) is 5.26. The normalized spacial score (nSPS) is 12.0. The molecule has 0 saturated heterocycles. The van der Waals surface area contributed by atoms with Gasteiger partial charge in [-0.2, -0.15) is 25.3 Å². The van der Waals surface area contributed by atoms with Crippen molar-refractivity contribution in [2.24, 2.45) is 10.2 Å². The number of phenolic OH excluding ortho intramolecular Hbond substituents is 1. The molecule has 36 heavy (non-hydrogen) atoms. The molecule has 0 heterocycles. The van der Waals surface area contributed by atoms with Crippen molar-refractivity contribution in [1.82, 2.24) is 0 Å². The Labute approximate surface area is 271 Å². The monoisotopic (exact) mass is 587 g/mol. The fraction of sp³-hybridized carbons (Fsp3) is 0. The van der Waals surface area contributed by atoms with Gasteiger partial charge >= 0.3 is 0 Å². The first-order chi connectivity index (χ1) is 15.0. The van der Waals surface area contributed by atoms with Crippen LogP contribution < -0.4 is 11.5 Å². The van der Waals surface area contributed by atoms with Crippen LogP contribution in [0.15, 0.2) is 61.3 Å². The van der Waals surface area contributed by atoms with Gasteiger partial charge in [-0.25, -0.2) is 0 Å². The number of azo groups is 1. The third-order valence-electron chi connectivity index (χ3n) is 4.26. The molecule has 179 valence electrons. The standard InChI is InChI=1S/C16H14N4O10S3.3Na/c17-8-1-2-10(12(5-8)32(25,26)27)19-20-16-14-7(4-13(15(16)18)33(28,29)30)3-9(6-11(14)21)31(22,23)24;;;/h1-6,21H,17-18H2,(H,22,23,24)(H,25,26,27)(H,28,29,30);;;. The molecule has 3 rings (SSSR count). The predicted molar refractivity (Wildman–Crippen MR) is 132 cm³/mol. The molecule has 3 aromatic carbocycles. The predicted octanol–water partition coefficient (Wildman–Crippen LogP) is 0.723. The first-order valence-electron chi connectivity index (χ1n) is 8.33. The Kier molecular flexibility index (Phi) is 12.5. The third-order valence-corrected chi connectivity index (χ3v) is 6.87. The van der Waals surface area contributed by atoms with Crippen LogP contribution in [-0.2, 0) is 30.4 Å². The van der Waals surface area contributed by atoms with Crippen molar-refractivity contribution < 1.29 is 44.0 Å². The minimum atomic E-state index is -5.00. The second-order valence-electron chi connectivity index (χ2n) is 6.53. The molecule has 3 aromatic rings. The first kappa shape index (κ1) is 35.6. The van der Waals surface area contributed by atoms with Crippen molar-refractivity contribution in [3.05, 3.63) is 36.4 Å². The van der Waals surface area contributed by atoms with Gasteiger partial charge in [0.05, 0.1) is 16.0 Å². The van der Waals surface area contributed by atoms with Crippen molar-refractivity contribution in [2.45, 2.75) is 14.7 Å². The number of benzene rings is 3. The SMILES string of the molecule is Nc1ccc(N=Nc2c(N)c(S(=O)(=O)O)cc3cc(S(=O)(=O)O)cc(O)c23)c(S(=O)(=O)O)c1.[Na].[Na].[Na]. The maximum Gasteiger partial charge on any atom is 0.296 e. The van der Waals surface area contributed by atoms with E-state index in [1.54, 1.807) is 0 Å². The van der Waals surface area contributed by atoms with Crippen LogP contribution in [0, 0.1) is 0 Å². The number of nitrogen functional groups attached to an aromatic ring is 2. The van der Waals surface area contributed by atoms with Crippen LogP contribution in [0.25, 0.3) is 10.8 Å². The average Bonchev–Trinajstić information content (AvgIpc) is 2.65. The Morgan fingerprint density at radius 2 is 1.25 bits per heavy atom. The number of hydrogen-bond donors (Lipinski definition) is 6. The maximum absolute atomic E-state index is 11.8. The average molecular weight is 587 g/mol. The van der Waals surface area contributed by atoms with Crippen LogP contribution in [0.5, 0.6) is 5.75 Å². The third kappa shape index (κ3) is 7.84. The number of fused-ring (bicyclic) bond motifs is 1. The number of aromatic hydroxyl groups is 1. The molecule has 0 bridgehead atoms. The van der Waals surface area contributed by atoms with E-state index in [2.05, 4.69) is 10.2 Å². The number of anilines is 2. The number of nitrogens with two attached hydrogens (primary N) is 2. The van der Waals surface area contributed by atoms with Gasteiger partial charge in [0.25, 0.3) is 30.4 Å². The summed E-state index contributed by atoms with van der Waals surface area (Å²) in [5.74, 6) is -0.824. The second kappa shape index (κ2) is 12.7. The molecule has 0 saturated carbocycles. The van der Waals surface area contributed by atoms with E-state index in [1.807, 2.05) is 0 Å². The van der Waals surface area contributed by atoms with E-state index in [0.717, 1.165) is 24.3 Å². The van der Waals surface area contributed by atoms with E-state index in [4.69, 9.17) is 11.5 Å². The van der Waals surface area contributed by atoms with Gasteiger partial charge < -0.3 is 16.6 Å². The quantitative estimate of drug-likeness (QED) is 0.104. The van der Waals surface area contributed by atoms with Gasteiger partial charge in [0.2, 0.25) is 0 Å². The Morgan fingerprint density at radius 1 is 0.694 bits per heavy atom. The zero-order valence-electron chi connectivity index (χ0n) is 19.0. The van der Waals surface area contributed by atoms with Crippen LogP contribution in [0.3, 0.4) is 0 Å². The summed E-state index contributed by atoms with van der Waals surface area (Å²) in [5, 5.41) is 16.9. The number of phenols is 1. The van der Waals surface area contributed by atoms with Gasteiger partial charge in [-0.1, -0.05) is 0 Å². The Bertz CT molecular complexity index is 1680. The molecule has 0 aliphatic heterocycles. The van der Waals surface area contributed by atoms with E-state index < -0.39 is 67.9 Å². The van der Waals surface area contributed by atoms with Crippen LogP contribution in [0.4, 0.5) is 22.7 Å². The first-order valence-corrected chi connectivity index (χ1v) is 12.6. The van der Waals surface area contributed by atoms with Gasteiger partial charge in [0, 0.05) is 100 Å². The van der Waals surface area contributed by atoms with Crippen LogP contribution >= 0.6 is 0 Å². The fourth-order valence-corrected chi connectivity index (χ4v) is 4.70. The number of nitrogens with zero attached hydrogens (tertiary/aromatic N) is 2. The summed E-state index contributed by atoms with van der Waals surface area (Å²) in [4.78, 5) is -2.50. The summed E-state index contributed by atoms with van der Waals surface area (Å²) >= 11 is 0. The molecule has 8 N–H and O–H groups in total. The fourth-order valence-electron chi connectivity index (χ4n) is 2.85. The summed E-state index contributed by atoms with van der Waals surface area (Å²) in [6.45, 7) is 0. The minimum absolute atomic E-state index is 0. The van der Waals surface area contributed by atoms with Crippen molar-refractivity contribution in [2.75, 3.05) is 11.5 Å². The van der Waals surface area contributed by atoms with Crippen molar-refractivity contribution >= 4 is 153 Å². The van der Waals surface area contributed by atoms with Crippen LogP contribution in [-0.4, -0.2) is 133 Å². The number of rotatable bonds is 5. The molecule has 0 fully saturated rings. The maximum atomic E-state index is 11.8. The van der Waals surface area contributed by atoms with Gasteiger partial charge in [-0.05, 0) is 35.7 Å². The van der Waals surface area contributed by atoms with Gasteiger partial charge in [0.15, 0.2) is 0 Å². The summed E-state index contributed by atoms with van der Waals surface area (Å²) < 4.78 is 97.7. The molecule has 0 unspecified atom stereocenters. The van der Waals surface area contributed by atoms with Crippen molar-refractivity contribution in [3.63, 3.8) is 0 Å². The van der Waals surface area contributed by atoms with E-state index in [1.165, 1.54) is 6.07 Å². The largest absolute Gasteiger partial charge is 0.507 e. The Balaban J connectivity index is 0.00000408. The van der Waals surface area contributed by atoms with E-state index in [0.29, 0.717) is 6.07 Å². The van der Waals surface area contributed by atoms with Gasteiger partial charge in [0.1, 0.15) is 26.9 Å². The van der Waals surface area contributed by atoms with Gasteiger partial charge in [-0.15, -0.1) is 10.2 Å². The summed E-state index contributed by atoms with van der Waals surface area (Å²) in [7, 11) is -14.7. The Morgan fingerprint density at radius 3 is 1.75 bits per heavy atom. The molecule has 0 amide bonds. The van der Waals surface area contributed by atoms with Crippen molar-refractivity contribution in [1.29, 1.82) is 0 Å². The molecule has 0 spiro atoms. The van der Waals surface area contributed by atoms with Crippen LogP contribution in [0.1, 0.15) is 0 Å². The topological polar surface area (TPSA) is 260 Å². The zero-order chi connectivity index (χ0) is 24.9. The molecular formula is C16H14N4Na3O10S3.